The third kappa shape index (κ3) is 3.31. The Morgan fingerprint density at radius 3 is 2.33 bits per heavy atom. The second kappa shape index (κ2) is 6.07. The average molecular weight is 372 g/mol. The average Bonchev–Trinajstić information content (AvgIpc) is 2.43. The van der Waals surface area contributed by atoms with Crippen LogP contribution in [-0.4, -0.2) is 5.11 Å². The molecule has 4 heteroatoms. The van der Waals surface area contributed by atoms with Gasteiger partial charge in [0.05, 0.1) is 5.02 Å². The Morgan fingerprint density at radius 2 is 1.71 bits per heavy atom. The van der Waals surface area contributed by atoms with Gasteiger partial charge in [-0.15, -0.1) is 0 Å². The summed E-state index contributed by atoms with van der Waals surface area (Å²) in [4.78, 5) is 0. The number of hydrogen-bond donors (Lipinski definition) is 1. The van der Waals surface area contributed by atoms with E-state index in [0.717, 1.165) is 5.56 Å². The normalized spacial score (nSPS) is 13.3. The van der Waals surface area contributed by atoms with E-state index < -0.39 is 11.9 Å². The second-order valence-corrected chi connectivity index (χ2v) is 7.24. The number of aliphatic hydroxyl groups is 1. The van der Waals surface area contributed by atoms with Gasteiger partial charge in [0.2, 0.25) is 0 Å². The van der Waals surface area contributed by atoms with Gasteiger partial charge in [0.1, 0.15) is 11.9 Å². The highest BCUT2D eigenvalue weighted by atomic mass is 79.9. The molecule has 1 nitrogen and oxygen atoms in total. The zero-order valence-electron chi connectivity index (χ0n) is 12.1. The first-order chi connectivity index (χ1) is 9.73. The van der Waals surface area contributed by atoms with Gasteiger partial charge in [-0.05, 0) is 38.5 Å². The Bertz CT molecular complexity index is 664. The maximum absolute atomic E-state index is 14.3. The molecule has 112 valence electrons. The molecule has 0 fully saturated rings. The largest absolute Gasteiger partial charge is 0.384 e. The van der Waals surface area contributed by atoms with Gasteiger partial charge in [-0.2, -0.15) is 0 Å². The summed E-state index contributed by atoms with van der Waals surface area (Å²) in [5.41, 5.74) is 1.71. The zero-order chi connectivity index (χ0) is 15.8. The Balaban J connectivity index is 2.56. The Hall–Kier alpha value is -0.900. The number of hydrogen-bond acceptors (Lipinski definition) is 1. The molecular weight excluding hydrogens is 355 g/mol. The van der Waals surface area contributed by atoms with E-state index in [4.69, 9.17) is 11.6 Å². The summed E-state index contributed by atoms with van der Waals surface area (Å²) in [7, 11) is 0. The molecule has 2 aromatic rings. The molecule has 0 aromatic heterocycles. The van der Waals surface area contributed by atoms with Crippen LogP contribution in [0.5, 0.6) is 0 Å². The minimum Gasteiger partial charge on any atom is -0.384 e. The van der Waals surface area contributed by atoms with Gasteiger partial charge < -0.3 is 5.11 Å². The molecule has 0 aliphatic carbocycles. The van der Waals surface area contributed by atoms with Crippen LogP contribution in [0.2, 0.25) is 5.02 Å². The van der Waals surface area contributed by atoms with Gasteiger partial charge in [-0.1, -0.05) is 62.7 Å². The molecular formula is C17H17BrClFO. The molecule has 0 amide bonds. The number of halogens is 3. The van der Waals surface area contributed by atoms with E-state index in [0.29, 0.717) is 10.0 Å². The molecule has 0 saturated carbocycles. The van der Waals surface area contributed by atoms with Gasteiger partial charge in [-0.3, -0.25) is 0 Å². The molecule has 1 N–H and O–H groups in total. The number of benzene rings is 2. The van der Waals surface area contributed by atoms with Crippen LogP contribution in [0, 0.1) is 5.82 Å². The summed E-state index contributed by atoms with van der Waals surface area (Å²) in [6.45, 7) is 6.18. The lowest BCUT2D eigenvalue weighted by atomic mass is 9.81. The molecule has 0 aliphatic heterocycles. The molecule has 0 spiro atoms. The number of aliphatic hydroxyl groups excluding tert-OH is 1. The summed E-state index contributed by atoms with van der Waals surface area (Å²) in [5.74, 6) is -0.595. The monoisotopic (exact) mass is 370 g/mol. The van der Waals surface area contributed by atoms with Crippen molar-refractivity contribution in [2.75, 3.05) is 0 Å². The molecule has 0 heterocycles. The summed E-state index contributed by atoms with van der Waals surface area (Å²) < 4.78 is 14.8. The van der Waals surface area contributed by atoms with E-state index >= 15 is 0 Å². The maximum Gasteiger partial charge on any atom is 0.149 e. The van der Waals surface area contributed by atoms with Gasteiger partial charge in [0, 0.05) is 10.0 Å². The van der Waals surface area contributed by atoms with Gasteiger partial charge in [-0.25, -0.2) is 4.39 Å². The van der Waals surface area contributed by atoms with Crippen LogP contribution < -0.4 is 0 Å². The lowest BCUT2D eigenvalue weighted by Crippen LogP contribution is -2.17. The molecule has 0 aliphatic rings. The first-order valence-electron chi connectivity index (χ1n) is 6.64. The van der Waals surface area contributed by atoms with Crippen molar-refractivity contribution >= 4 is 27.5 Å². The van der Waals surface area contributed by atoms with Crippen molar-refractivity contribution in [3.05, 3.63) is 68.4 Å². The fraction of sp³-hybridized carbons (Fsp3) is 0.294. The number of rotatable bonds is 2. The quantitative estimate of drug-likeness (QED) is 0.679. The molecule has 21 heavy (non-hydrogen) atoms. The van der Waals surface area contributed by atoms with Crippen molar-refractivity contribution in [1.29, 1.82) is 0 Å². The predicted octanol–water partition coefficient (Wildman–Crippen LogP) is 5.62. The van der Waals surface area contributed by atoms with Crippen LogP contribution in [-0.2, 0) is 5.41 Å². The van der Waals surface area contributed by atoms with Crippen molar-refractivity contribution < 1.29 is 9.50 Å². The van der Waals surface area contributed by atoms with E-state index in [1.54, 1.807) is 12.1 Å². The topological polar surface area (TPSA) is 20.2 Å². The SMILES string of the molecule is CC(C)(C)c1ccccc1C(O)c1ccc(Br)c(Cl)c1F. The van der Waals surface area contributed by atoms with Crippen LogP contribution in [0.4, 0.5) is 4.39 Å². The first kappa shape index (κ1) is 16.5. The van der Waals surface area contributed by atoms with Gasteiger partial charge >= 0.3 is 0 Å². The highest BCUT2D eigenvalue weighted by Crippen LogP contribution is 2.36. The maximum atomic E-state index is 14.3. The molecule has 1 unspecified atom stereocenters. The van der Waals surface area contributed by atoms with Gasteiger partial charge in [0.25, 0.3) is 0 Å². The van der Waals surface area contributed by atoms with Crippen LogP contribution in [0.25, 0.3) is 0 Å². The molecule has 1 atom stereocenters. The Labute approximate surface area is 137 Å². The van der Waals surface area contributed by atoms with Crippen molar-refractivity contribution in [2.45, 2.75) is 32.3 Å². The lowest BCUT2D eigenvalue weighted by Gasteiger charge is -2.25. The smallest absolute Gasteiger partial charge is 0.149 e. The molecule has 0 bridgehead atoms. The minimum atomic E-state index is -1.05. The molecule has 2 rings (SSSR count). The summed E-state index contributed by atoms with van der Waals surface area (Å²) in [6.07, 6.45) is -1.05. The standard InChI is InChI=1S/C17H17BrClFO/c1-17(2,3)12-7-5-4-6-10(12)16(21)11-8-9-13(18)14(19)15(11)20/h4-9,16,21H,1-3H3. The van der Waals surface area contributed by atoms with Crippen LogP contribution in [0.3, 0.4) is 0 Å². The second-order valence-electron chi connectivity index (χ2n) is 6.00. The van der Waals surface area contributed by atoms with Crippen molar-refractivity contribution in [3.63, 3.8) is 0 Å². The Morgan fingerprint density at radius 1 is 1.10 bits per heavy atom. The van der Waals surface area contributed by atoms with Crippen LogP contribution >= 0.6 is 27.5 Å². The minimum absolute atomic E-state index is 0.0141. The molecule has 2 aromatic carbocycles. The lowest BCUT2D eigenvalue weighted by molar-refractivity contribution is 0.212. The summed E-state index contributed by atoms with van der Waals surface area (Å²) >= 11 is 9.09. The first-order valence-corrected chi connectivity index (χ1v) is 7.81. The van der Waals surface area contributed by atoms with Crippen molar-refractivity contribution in [3.8, 4) is 0 Å². The van der Waals surface area contributed by atoms with Gasteiger partial charge in [0.15, 0.2) is 0 Å². The van der Waals surface area contributed by atoms with Crippen molar-refractivity contribution in [1.82, 2.24) is 0 Å². The van der Waals surface area contributed by atoms with E-state index in [9.17, 15) is 9.50 Å². The third-order valence-corrected chi connectivity index (χ3v) is 4.68. The van der Waals surface area contributed by atoms with E-state index in [1.807, 2.05) is 24.3 Å². The highest BCUT2D eigenvalue weighted by molar-refractivity contribution is 9.10. The van der Waals surface area contributed by atoms with E-state index in [1.165, 1.54) is 0 Å². The van der Waals surface area contributed by atoms with Crippen LogP contribution in [0.1, 0.15) is 43.6 Å². The fourth-order valence-electron chi connectivity index (χ4n) is 2.34. The fourth-order valence-corrected chi connectivity index (χ4v) is 2.82. The third-order valence-electron chi connectivity index (χ3n) is 3.42. The summed E-state index contributed by atoms with van der Waals surface area (Å²) in [6, 6.07) is 10.7. The van der Waals surface area contributed by atoms with E-state index in [-0.39, 0.29) is 16.0 Å². The van der Waals surface area contributed by atoms with E-state index in [2.05, 4.69) is 36.7 Å². The van der Waals surface area contributed by atoms with Crippen molar-refractivity contribution in [2.24, 2.45) is 0 Å². The molecule has 0 saturated heterocycles. The Kier molecular flexibility index (Phi) is 4.76. The zero-order valence-corrected chi connectivity index (χ0v) is 14.5. The molecule has 0 radical (unpaired) electrons. The highest BCUT2D eigenvalue weighted by Gasteiger charge is 2.25. The predicted molar refractivity (Wildman–Crippen MR) is 88.3 cm³/mol. The summed E-state index contributed by atoms with van der Waals surface area (Å²) in [5, 5.41) is 10.6. The van der Waals surface area contributed by atoms with Crippen LogP contribution in [0.15, 0.2) is 40.9 Å².